The van der Waals surface area contributed by atoms with Gasteiger partial charge < -0.3 is 9.64 Å². The third kappa shape index (κ3) is 3.91. The Labute approximate surface area is 171 Å². The molecule has 3 aromatic rings. The number of carbonyl (C=O) groups excluding carboxylic acids is 1. The quantitative estimate of drug-likeness (QED) is 0.650. The number of hydrogen-bond acceptors (Lipinski definition) is 6. The molecule has 1 aromatic carbocycles. The van der Waals surface area contributed by atoms with Crippen molar-refractivity contribution in [2.75, 3.05) is 6.54 Å². The molecular formula is C19H18ClFN6O2. The molecule has 2 aromatic heterocycles. The van der Waals surface area contributed by atoms with Gasteiger partial charge in [0.2, 0.25) is 0 Å². The van der Waals surface area contributed by atoms with Gasteiger partial charge in [-0.1, -0.05) is 17.7 Å². The van der Waals surface area contributed by atoms with Gasteiger partial charge in [0.05, 0.1) is 41.4 Å². The molecule has 10 heteroatoms. The predicted octanol–water partition coefficient (Wildman–Crippen LogP) is 2.92. The van der Waals surface area contributed by atoms with Crippen LogP contribution < -0.4 is 4.74 Å². The average Bonchev–Trinajstić information content (AvgIpc) is 3.25. The first-order valence-electron chi connectivity index (χ1n) is 9.15. The molecule has 1 saturated heterocycles. The van der Waals surface area contributed by atoms with Crippen LogP contribution in [0.15, 0.2) is 43.0 Å². The van der Waals surface area contributed by atoms with E-state index in [1.807, 2.05) is 6.92 Å². The number of rotatable bonds is 4. The molecule has 29 heavy (non-hydrogen) atoms. The zero-order valence-corrected chi connectivity index (χ0v) is 16.3. The van der Waals surface area contributed by atoms with E-state index in [0.717, 1.165) is 17.6 Å². The molecule has 2 unspecified atom stereocenters. The van der Waals surface area contributed by atoms with Crippen LogP contribution in [0.3, 0.4) is 0 Å². The van der Waals surface area contributed by atoms with Crippen molar-refractivity contribution in [2.45, 2.75) is 31.9 Å². The highest BCUT2D eigenvalue weighted by atomic mass is 35.5. The summed E-state index contributed by atoms with van der Waals surface area (Å²) in [5, 5.41) is 8.36. The van der Waals surface area contributed by atoms with Gasteiger partial charge in [-0.3, -0.25) is 4.79 Å². The van der Waals surface area contributed by atoms with Crippen molar-refractivity contribution in [3.05, 3.63) is 59.4 Å². The second-order valence-corrected chi connectivity index (χ2v) is 7.11. The number of benzene rings is 1. The highest BCUT2D eigenvalue weighted by molar-refractivity contribution is 6.30. The van der Waals surface area contributed by atoms with E-state index >= 15 is 0 Å². The summed E-state index contributed by atoms with van der Waals surface area (Å²) in [4.78, 5) is 24.2. The van der Waals surface area contributed by atoms with Crippen LogP contribution in [0.2, 0.25) is 5.02 Å². The van der Waals surface area contributed by atoms with Crippen LogP contribution in [-0.4, -0.2) is 54.5 Å². The average molecular weight is 417 g/mol. The van der Waals surface area contributed by atoms with Crippen LogP contribution in [0.4, 0.5) is 4.39 Å². The van der Waals surface area contributed by atoms with Crippen molar-refractivity contribution in [3.8, 4) is 11.7 Å². The number of halogens is 2. The Balaban J connectivity index is 1.59. The normalized spacial score (nSPS) is 19.2. The molecule has 4 rings (SSSR count). The van der Waals surface area contributed by atoms with Crippen molar-refractivity contribution in [1.29, 1.82) is 0 Å². The Morgan fingerprint density at radius 1 is 1.24 bits per heavy atom. The van der Waals surface area contributed by atoms with E-state index in [9.17, 15) is 9.18 Å². The SMILES string of the molecule is CC1C(Oc2ncc(Cl)cn2)CCCN1C(=O)c1cccc(F)c1-n1nccn1. The van der Waals surface area contributed by atoms with Gasteiger partial charge in [0.25, 0.3) is 5.91 Å². The summed E-state index contributed by atoms with van der Waals surface area (Å²) >= 11 is 5.81. The van der Waals surface area contributed by atoms with Gasteiger partial charge in [-0.2, -0.15) is 10.2 Å². The second-order valence-electron chi connectivity index (χ2n) is 6.68. The zero-order chi connectivity index (χ0) is 20.4. The van der Waals surface area contributed by atoms with Crippen LogP contribution in [0.5, 0.6) is 6.01 Å². The summed E-state index contributed by atoms with van der Waals surface area (Å²) < 4.78 is 20.4. The molecule has 2 atom stereocenters. The number of ether oxygens (including phenoxy) is 1. The van der Waals surface area contributed by atoms with E-state index in [-0.39, 0.29) is 35.3 Å². The molecule has 0 saturated carbocycles. The van der Waals surface area contributed by atoms with E-state index in [1.165, 1.54) is 36.9 Å². The minimum absolute atomic E-state index is 0.0266. The van der Waals surface area contributed by atoms with E-state index in [1.54, 1.807) is 11.0 Å². The number of carbonyl (C=O) groups is 1. The summed E-state index contributed by atoms with van der Waals surface area (Å²) in [6.07, 6.45) is 6.95. The molecule has 1 aliphatic rings. The second kappa shape index (κ2) is 8.12. The van der Waals surface area contributed by atoms with Gasteiger partial charge >= 0.3 is 6.01 Å². The van der Waals surface area contributed by atoms with Crippen molar-refractivity contribution in [2.24, 2.45) is 0 Å². The zero-order valence-electron chi connectivity index (χ0n) is 15.6. The lowest BCUT2D eigenvalue weighted by atomic mass is 9.98. The predicted molar refractivity (Wildman–Crippen MR) is 103 cm³/mol. The number of aromatic nitrogens is 5. The fourth-order valence-corrected chi connectivity index (χ4v) is 3.52. The topological polar surface area (TPSA) is 86.0 Å². The summed E-state index contributed by atoms with van der Waals surface area (Å²) in [6.45, 7) is 2.42. The Hall–Kier alpha value is -3.07. The molecule has 1 fully saturated rings. The molecule has 0 aliphatic carbocycles. The number of para-hydroxylation sites is 1. The van der Waals surface area contributed by atoms with Crippen molar-refractivity contribution >= 4 is 17.5 Å². The minimum Gasteiger partial charge on any atom is -0.458 e. The minimum atomic E-state index is -0.570. The smallest absolute Gasteiger partial charge is 0.316 e. The van der Waals surface area contributed by atoms with E-state index in [4.69, 9.17) is 16.3 Å². The largest absolute Gasteiger partial charge is 0.458 e. The molecule has 150 valence electrons. The molecule has 8 nitrogen and oxygen atoms in total. The third-order valence-corrected chi connectivity index (χ3v) is 5.06. The molecule has 1 aliphatic heterocycles. The maximum Gasteiger partial charge on any atom is 0.316 e. The van der Waals surface area contributed by atoms with Crippen molar-refractivity contribution < 1.29 is 13.9 Å². The molecular weight excluding hydrogens is 399 g/mol. The summed E-state index contributed by atoms with van der Waals surface area (Å²) in [5.41, 5.74) is 0.218. The maximum atomic E-state index is 14.5. The Morgan fingerprint density at radius 2 is 1.97 bits per heavy atom. The lowest BCUT2D eigenvalue weighted by Crippen LogP contribution is -2.51. The Morgan fingerprint density at radius 3 is 2.69 bits per heavy atom. The summed E-state index contributed by atoms with van der Waals surface area (Å²) in [6, 6.07) is 4.28. The Bertz CT molecular complexity index is 998. The highest BCUT2D eigenvalue weighted by Gasteiger charge is 2.35. The summed E-state index contributed by atoms with van der Waals surface area (Å²) in [5.74, 6) is -0.881. The first-order chi connectivity index (χ1) is 14.0. The van der Waals surface area contributed by atoms with Gasteiger partial charge in [0.15, 0.2) is 5.82 Å². The lowest BCUT2D eigenvalue weighted by Gasteiger charge is -2.39. The van der Waals surface area contributed by atoms with Crippen molar-refractivity contribution in [3.63, 3.8) is 0 Å². The number of piperidine rings is 1. The number of likely N-dealkylation sites (tertiary alicyclic amines) is 1. The molecule has 0 N–H and O–H groups in total. The third-order valence-electron chi connectivity index (χ3n) is 4.87. The molecule has 1 amide bonds. The first-order valence-corrected chi connectivity index (χ1v) is 9.53. The fraction of sp³-hybridized carbons (Fsp3) is 0.316. The van der Waals surface area contributed by atoms with Gasteiger partial charge in [-0.25, -0.2) is 14.4 Å². The maximum absolute atomic E-state index is 14.5. The molecule has 0 bridgehead atoms. The fourth-order valence-electron chi connectivity index (χ4n) is 3.43. The van der Waals surface area contributed by atoms with Gasteiger partial charge in [0.1, 0.15) is 11.8 Å². The molecule has 0 radical (unpaired) electrons. The van der Waals surface area contributed by atoms with Crippen LogP contribution >= 0.6 is 11.6 Å². The summed E-state index contributed by atoms with van der Waals surface area (Å²) in [7, 11) is 0. The van der Waals surface area contributed by atoms with E-state index in [2.05, 4.69) is 20.2 Å². The monoisotopic (exact) mass is 416 g/mol. The number of nitrogens with zero attached hydrogens (tertiary/aromatic N) is 6. The molecule has 3 heterocycles. The highest BCUT2D eigenvalue weighted by Crippen LogP contribution is 2.26. The standard InChI is InChI=1S/C19H18ClFN6O2/c1-12-16(29-19-22-10-13(20)11-23-19)6-3-9-26(12)18(28)14-4-2-5-15(21)17(14)27-24-7-8-25-27/h2,4-5,7-8,10-12,16H,3,6,9H2,1H3. The van der Waals surface area contributed by atoms with Gasteiger partial charge in [-0.05, 0) is 31.9 Å². The van der Waals surface area contributed by atoms with Crippen LogP contribution in [0.1, 0.15) is 30.1 Å². The van der Waals surface area contributed by atoms with Gasteiger partial charge in [0, 0.05) is 6.54 Å². The van der Waals surface area contributed by atoms with E-state index in [0.29, 0.717) is 11.6 Å². The number of hydrogen-bond donors (Lipinski definition) is 0. The van der Waals surface area contributed by atoms with Crippen LogP contribution in [-0.2, 0) is 0 Å². The van der Waals surface area contributed by atoms with Gasteiger partial charge in [-0.15, -0.1) is 4.80 Å². The van der Waals surface area contributed by atoms with Crippen LogP contribution in [0, 0.1) is 5.82 Å². The van der Waals surface area contributed by atoms with Crippen molar-refractivity contribution in [1.82, 2.24) is 29.9 Å². The number of amides is 1. The van der Waals surface area contributed by atoms with E-state index < -0.39 is 5.82 Å². The first kappa shape index (κ1) is 19.3. The van der Waals surface area contributed by atoms with Crippen LogP contribution in [0.25, 0.3) is 5.69 Å². The Kier molecular flexibility index (Phi) is 5.39. The molecule has 0 spiro atoms. The lowest BCUT2D eigenvalue weighted by molar-refractivity contribution is 0.0248.